The molecule has 0 saturated heterocycles. The van der Waals surface area contributed by atoms with E-state index in [2.05, 4.69) is 25.5 Å². The molecule has 2 rings (SSSR count). The van der Waals surface area contributed by atoms with Gasteiger partial charge in [-0.1, -0.05) is 0 Å². The van der Waals surface area contributed by atoms with Crippen molar-refractivity contribution < 1.29 is 8.78 Å². The zero-order valence-electron chi connectivity index (χ0n) is 13.5. The maximum absolute atomic E-state index is 13.2. The molecule has 124 valence electrons. The lowest BCUT2D eigenvalue weighted by Gasteiger charge is -2.12. The first kappa shape index (κ1) is 17.1. The normalized spacial score (nSPS) is 10.9. The van der Waals surface area contributed by atoms with E-state index in [0.29, 0.717) is 17.5 Å². The molecule has 0 aliphatic carbocycles. The quantitative estimate of drug-likeness (QED) is 0.767. The van der Waals surface area contributed by atoms with Gasteiger partial charge in [0.05, 0.1) is 0 Å². The predicted octanol–water partition coefficient (Wildman–Crippen LogP) is 3.17. The highest BCUT2D eigenvalue weighted by Gasteiger charge is 2.06. The first-order valence-electron chi connectivity index (χ1n) is 7.40. The number of rotatable bonds is 7. The Kier molecular flexibility index (Phi) is 5.81. The third-order valence-electron chi connectivity index (χ3n) is 3.11. The molecular formula is C16H21F2N5. The van der Waals surface area contributed by atoms with Crippen molar-refractivity contribution in [2.45, 2.75) is 13.3 Å². The van der Waals surface area contributed by atoms with Gasteiger partial charge in [0.1, 0.15) is 5.82 Å². The Labute approximate surface area is 134 Å². The SMILES string of the molecule is Cc1cc(Nc2ccc(F)c(F)c2)nc(NCCCN(C)C)n1. The molecule has 5 nitrogen and oxygen atoms in total. The molecule has 0 aliphatic rings. The van der Waals surface area contributed by atoms with E-state index in [-0.39, 0.29) is 0 Å². The van der Waals surface area contributed by atoms with Crippen molar-refractivity contribution in [2.24, 2.45) is 0 Å². The molecule has 0 spiro atoms. The smallest absolute Gasteiger partial charge is 0.224 e. The molecule has 0 atom stereocenters. The second-order valence-electron chi connectivity index (χ2n) is 5.56. The Morgan fingerprint density at radius 2 is 1.87 bits per heavy atom. The van der Waals surface area contributed by atoms with Crippen molar-refractivity contribution in [1.82, 2.24) is 14.9 Å². The number of hydrogen-bond acceptors (Lipinski definition) is 5. The fourth-order valence-electron chi connectivity index (χ4n) is 2.03. The van der Waals surface area contributed by atoms with Crippen molar-refractivity contribution in [3.63, 3.8) is 0 Å². The van der Waals surface area contributed by atoms with Gasteiger partial charge in [-0.15, -0.1) is 0 Å². The number of hydrogen-bond donors (Lipinski definition) is 2. The van der Waals surface area contributed by atoms with E-state index in [0.717, 1.165) is 37.3 Å². The molecule has 1 aromatic heterocycles. The number of aryl methyl sites for hydroxylation is 1. The zero-order chi connectivity index (χ0) is 16.8. The first-order chi connectivity index (χ1) is 10.9. The zero-order valence-corrected chi connectivity index (χ0v) is 13.5. The summed E-state index contributed by atoms with van der Waals surface area (Å²) in [6.45, 7) is 3.58. The van der Waals surface area contributed by atoms with Gasteiger partial charge in [0.25, 0.3) is 0 Å². The van der Waals surface area contributed by atoms with Gasteiger partial charge in [-0.2, -0.15) is 4.98 Å². The van der Waals surface area contributed by atoms with Crippen LogP contribution in [0.1, 0.15) is 12.1 Å². The van der Waals surface area contributed by atoms with E-state index in [1.165, 1.54) is 6.07 Å². The molecule has 2 N–H and O–H groups in total. The van der Waals surface area contributed by atoms with Gasteiger partial charge in [-0.3, -0.25) is 0 Å². The van der Waals surface area contributed by atoms with Crippen LogP contribution in [0.3, 0.4) is 0 Å². The van der Waals surface area contributed by atoms with Crippen molar-refractivity contribution in [3.8, 4) is 0 Å². The Bertz CT molecular complexity index is 661. The molecule has 0 saturated carbocycles. The molecule has 0 amide bonds. The molecule has 23 heavy (non-hydrogen) atoms. The van der Waals surface area contributed by atoms with Crippen LogP contribution in [-0.2, 0) is 0 Å². The van der Waals surface area contributed by atoms with Crippen LogP contribution >= 0.6 is 0 Å². The minimum atomic E-state index is -0.900. The highest BCUT2D eigenvalue weighted by molar-refractivity contribution is 5.57. The summed E-state index contributed by atoms with van der Waals surface area (Å²) in [4.78, 5) is 10.8. The average Bonchev–Trinajstić information content (AvgIpc) is 2.47. The molecule has 0 bridgehead atoms. The van der Waals surface area contributed by atoms with E-state index >= 15 is 0 Å². The molecule has 1 aromatic carbocycles. The van der Waals surface area contributed by atoms with Crippen LogP contribution in [0.5, 0.6) is 0 Å². The molecule has 2 aromatic rings. The fraction of sp³-hybridized carbons (Fsp3) is 0.375. The Hall–Kier alpha value is -2.28. The molecule has 0 radical (unpaired) electrons. The summed E-state index contributed by atoms with van der Waals surface area (Å²) in [6, 6.07) is 5.37. The molecule has 1 heterocycles. The van der Waals surface area contributed by atoms with Crippen LogP contribution in [0.2, 0.25) is 0 Å². The lowest BCUT2D eigenvalue weighted by Crippen LogP contribution is -2.17. The van der Waals surface area contributed by atoms with Crippen LogP contribution in [0.25, 0.3) is 0 Å². The highest BCUT2D eigenvalue weighted by Crippen LogP contribution is 2.19. The largest absolute Gasteiger partial charge is 0.354 e. The Morgan fingerprint density at radius 1 is 1.09 bits per heavy atom. The maximum Gasteiger partial charge on any atom is 0.224 e. The van der Waals surface area contributed by atoms with Crippen LogP contribution in [0.15, 0.2) is 24.3 Å². The van der Waals surface area contributed by atoms with Crippen LogP contribution < -0.4 is 10.6 Å². The van der Waals surface area contributed by atoms with E-state index in [4.69, 9.17) is 0 Å². The first-order valence-corrected chi connectivity index (χ1v) is 7.40. The Balaban J connectivity index is 2.03. The maximum atomic E-state index is 13.2. The number of benzene rings is 1. The molecule has 7 heteroatoms. The molecule has 0 unspecified atom stereocenters. The van der Waals surface area contributed by atoms with Gasteiger partial charge in [-0.05, 0) is 46.1 Å². The fourth-order valence-corrected chi connectivity index (χ4v) is 2.03. The monoisotopic (exact) mass is 321 g/mol. The summed E-state index contributed by atoms with van der Waals surface area (Å²) < 4.78 is 26.2. The number of nitrogens with zero attached hydrogens (tertiary/aromatic N) is 3. The van der Waals surface area contributed by atoms with E-state index in [1.54, 1.807) is 6.07 Å². The van der Waals surface area contributed by atoms with Gasteiger partial charge in [0, 0.05) is 30.1 Å². The van der Waals surface area contributed by atoms with E-state index in [1.807, 2.05) is 21.0 Å². The summed E-state index contributed by atoms with van der Waals surface area (Å²) in [5.41, 5.74) is 1.21. The average molecular weight is 321 g/mol. The summed E-state index contributed by atoms with van der Waals surface area (Å²) in [5, 5.41) is 6.12. The standard InChI is InChI=1S/C16H21F2N5/c1-11-9-15(21-12-5-6-13(17)14(18)10-12)22-16(20-11)19-7-4-8-23(2)3/h5-6,9-10H,4,7-8H2,1-3H3,(H2,19,20,21,22). The number of aromatic nitrogens is 2. The molecule has 0 aliphatic heterocycles. The van der Waals surface area contributed by atoms with Crippen molar-refractivity contribution in [2.75, 3.05) is 37.8 Å². The number of anilines is 3. The van der Waals surface area contributed by atoms with Gasteiger partial charge in [-0.25, -0.2) is 13.8 Å². The van der Waals surface area contributed by atoms with Crippen molar-refractivity contribution in [3.05, 3.63) is 41.6 Å². The Morgan fingerprint density at radius 3 is 2.57 bits per heavy atom. The number of nitrogens with one attached hydrogen (secondary N) is 2. The number of halogens is 2. The summed E-state index contributed by atoms with van der Waals surface area (Å²) in [6.07, 6.45) is 0.968. The second kappa shape index (κ2) is 7.82. The predicted molar refractivity (Wildman–Crippen MR) is 88.1 cm³/mol. The third kappa shape index (κ3) is 5.45. The molecular weight excluding hydrogens is 300 g/mol. The summed E-state index contributed by atoms with van der Waals surface area (Å²) in [7, 11) is 4.04. The van der Waals surface area contributed by atoms with Crippen LogP contribution in [0.4, 0.5) is 26.2 Å². The minimum Gasteiger partial charge on any atom is -0.354 e. The summed E-state index contributed by atoms with van der Waals surface area (Å²) >= 11 is 0. The van der Waals surface area contributed by atoms with Gasteiger partial charge in [0.2, 0.25) is 5.95 Å². The minimum absolute atomic E-state index is 0.431. The molecule has 0 fully saturated rings. The van der Waals surface area contributed by atoms with Gasteiger partial charge >= 0.3 is 0 Å². The van der Waals surface area contributed by atoms with Gasteiger partial charge in [0.15, 0.2) is 11.6 Å². The lowest BCUT2D eigenvalue weighted by atomic mass is 10.3. The van der Waals surface area contributed by atoms with Gasteiger partial charge < -0.3 is 15.5 Å². The van der Waals surface area contributed by atoms with Crippen molar-refractivity contribution >= 4 is 17.5 Å². The van der Waals surface area contributed by atoms with Crippen LogP contribution in [0, 0.1) is 18.6 Å². The third-order valence-corrected chi connectivity index (χ3v) is 3.11. The van der Waals surface area contributed by atoms with E-state index in [9.17, 15) is 8.78 Å². The lowest BCUT2D eigenvalue weighted by molar-refractivity contribution is 0.405. The van der Waals surface area contributed by atoms with Crippen molar-refractivity contribution in [1.29, 1.82) is 0 Å². The topological polar surface area (TPSA) is 53.1 Å². The highest BCUT2D eigenvalue weighted by atomic mass is 19.2. The summed E-state index contributed by atoms with van der Waals surface area (Å²) in [5.74, 6) is -0.743. The van der Waals surface area contributed by atoms with E-state index < -0.39 is 11.6 Å². The van der Waals surface area contributed by atoms with Crippen LogP contribution in [-0.4, -0.2) is 42.1 Å². The second-order valence-corrected chi connectivity index (χ2v) is 5.56.